The second kappa shape index (κ2) is 7.65. The zero-order chi connectivity index (χ0) is 13.7. The molecule has 1 aliphatic carbocycles. The van der Waals surface area contributed by atoms with Gasteiger partial charge in [0.2, 0.25) is 0 Å². The summed E-state index contributed by atoms with van der Waals surface area (Å²) in [5.74, 6) is 0.892. The lowest BCUT2D eigenvalue weighted by molar-refractivity contribution is 0.297. The van der Waals surface area contributed by atoms with Gasteiger partial charge < -0.3 is 5.32 Å². The standard InChI is InChI=1S/C15H23BrN2S/c1-3-11-5-7-13(17-4-2)14(9-11)19-15-8-6-12(16)10-18-15/h6,8,10-11,13-14,17H,3-5,7,9H2,1-2H3. The monoisotopic (exact) mass is 342 g/mol. The Balaban J connectivity index is 2.02. The van der Waals surface area contributed by atoms with Gasteiger partial charge in [-0.3, -0.25) is 0 Å². The number of nitrogens with zero attached hydrogens (tertiary/aromatic N) is 1. The maximum absolute atomic E-state index is 4.51. The topological polar surface area (TPSA) is 24.9 Å². The molecular weight excluding hydrogens is 320 g/mol. The van der Waals surface area contributed by atoms with Crippen LogP contribution in [0, 0.1) is 5.92 Å². The largest absolute Gasteiger partial charge is 0.313 e. The van der Waals surface area contributed by atoms with Gasteiger partial charge in [0, 0.05) is 22.0 Å². The van der Waals surface area contributed by atoms with Crippen LogP contribution in [0.25, 0.3) is 0 Å². The fourth-order valence-electron chi connectivity index (χ4n) is 2.80. The van der Waals surface area contributed by atoms with Crippen LogP contribution in [0.2, 0.25) is 0 Å². The van der Waals surface area contributed by atoms with Crippen molar-refractivity contribution in [2.45, 2.75) is 55.8 Å². The van der Waals surface area contributed by atoms with Gasteiger partial charge in [0.1, 0.15) is 0 Å². The third-order valence-corrected chi connectivity index (χ3v) is 5.69. The van der Waals surface area contributed by atoms with Gasteiger partial charge >= 0.3 is 0 Å². The Bertz CT molecular complexity index is 382. The summed E-state index contributed by atoms with van der Waals surface area (Å²) < 4.78 is 1.05. The highest BCUT2D eigenvalue weighted by Crippen LogP contribution is 2.37. The van der Waals surface area contributed by atoms with Crippen molar-refractivity contribution in [2.75, 3.05) is 6.54 Å². The van der Waals surface area contributed by atoms with Gasteiger partial charge in [-0.05, 0) is 59.8 Å². The zero-order valence-corrected chi connectivity index (χ0v) is 14.1. The molecule has 0 saturated heterocycles. The zero-order valence-electron chi connectivity index (χ0n) is 11.7. The van der Waals surface area contributed by atoms with E-state index >= 15 is 0 Å². The summed E-state index contributed by atoms with van der Waals surface area (Å²) in [7, 11) is 0. The van der Waals surface area contributed by atoms with Crippen molar-refractivity contribution in [2.24, 2.45) is 5.92 Å². The van der Waals surface area contributed by atoms with Crippen molar-refractivity contribution in [1.29, 1.82) is 0 Å². The number of aromatic nitrogens is 1. The Labute approximate surface area is 129 Å². The van der Waals surface area contributed by atoms with Crippen LogP contribution < -0.4 is 5.32 Å². The molecule has 0 amide bonds. The Morgan fingerprint density at radius 3 is 2.84 bits per heavy atom. The van der Waals surface area contributed by atoms with Gasteiger partial charge in [-0.2, -0.15) is 0 Å². The fourth-order valence-corrected chi connectivity index (χ4v) is 4.37. The molecule has 106 valence electrons. The third kappa shape index (κ3) is 4.47. The van der Waals surface area contributed by atoms with Gasteiger partial charge in [-0.1, -0.05) is 20.3 Å². The van der Waals surface area contributed by atoms with E-state index in [1.165, 1.54) is 25.7 Å². The van der Waals surface area contributed by atoms with Gasteiger partial charge in [-0.15, -0.1) is 11.8 Å². The number of thioether (sulfide) groups is 1. The summed E-state index contributed by atoms with van der Waals surface area (Å²) in [6.07, 6.45) is 7.20. The van der Waals surface area contributed by atoms with Crippen molar-refractivity contribution in [3.8, 4) is 0 Å². The number of hydrogen-bond acceptors (Lipinski definition) is 3. The van der Waals surface area contributed by atoms with E-state index in [1.54, 1.807) is 0 Å². The molecule has 2 nitrogen and oxygen atoms in total. The summed E-state index contributed by atoms with van der Waals surface area (Å²) in [6, 6.07) is 4.84. The molecule has 0 bridgehead atoms. The van der Waals surface area contributed by atoms with Crippen molar-refractivity contribution >= 4 is 27.7 Å². The predicted octanol–water partition coefficient (Wildman–Crippen LogP) is 4.49. The molecule has 3 atom stereocenters. The quantitative estimate of drug-likeness (QED) is 0.852. The van der Waals surface area contributed by atoms with Crippen molar-refractivity contribution in [3.63, 3.8) is 0 Å². The molecule has 2 rings (SSSR count). The van der Waals surface area contributed by atoms with Crippen LogP contribution in [0.5, 0.6) is 0 Å². The molecular formula is C15H23BrN2S. The second-order valence-corrected chi connectivity index (χ2v) is 7.40. The number of pyridine rings is 1. The van der Waals surface area contributed by atoms with E-state index in [-0.39, 0.29) is 0 Å². The minimum atomic E-state index is 0.642. The van der Waals surface area contributed by atoms with E-state index in [0.29, 0.717) is 11.3 Å². The second-order valence-electron chi connectivity index (χ2n) is 5.22. The molecule has 1 aromatic heterocycles. The van der Waals surface area contributed by atoms with Crippen LogP contribution in [-0.4, -0.2) is 22.8 Å². The maximum Gasteiger partial charge on any atom is 0.0963 e. The molecule has 1 heterocycles. The lowest BCUT2D eigenvalue weighted by Gasteiger charge is -2.35. The van der Waals surface area contributed by atoms with Crippen molar-refractivity contribution in [3.05, 3.63) is 22.8 Å². The van der Waals surface area contributed by atoms with Crippen LogP contribution >= 0.6 is 27.7 Å². The number of hydrogen-bond donors (Lipinski definition) is 1. The minimum absolute atomic E-state index is 0.642. The fraction of sp³-hybridized carbons (Fsp3) is 0.667. The van der Waals surface area contributed by atoms with Gasteiger partial charge in [0.05, 0.1) is 5.03 Å². The smallest absolute Gasteiger partial charge is 0.0963 e. The number of halogens is 1. The van der Waals surface area contributed by atoms with Crippen LogP contribution in [0.4, 0.5) is 0 Å². The van der Waals surface area contributed by atoms with E-state index in [0.717, 1.165) is 22.0 Å². The molecule has 0 radical (unpaired) electrons. The van der Waals surface area contributed by atoms with Crippen LogP contribution in [-0.2, 0) is 0 Å². The molecule has 1 fully saturated rings. The SMILES string of the molecule is CCNC1CCC(CC)CC1Sc1ccc(Br)cn1. The van der Waals surface area contributed by atoms with Gasteiger partial charge in [-0.25, -0.2) is 4.98 Å². The average molecular weight is 343 g/mol. The summed E-state index contributed by atoms with van der Waals surface area (Å²) in [5, 5.41) is 5.46. The Morgan fingerprint density at radius 1 is 1.37 bits per heavy atom. The maximum atomic E-state index is 4.51. The summed E-state index contributed by atoms with van der Waals surface area (Å²) in [6.45, 7) is 5.58. The highest BCUT2D eigenvalue weighted by molar-refractivity contribution is 9.10. The first-order valence-corrected chi connectivity index (χ1v) is 8.91. The van der Waals surface area contributed by atoms with Crippen molar-refractivity contribution < 1.29 is 0 Å². The van der Waals surface area contributed by atoms with E-state index < -0.39 is 0 Å². The van der Waals surface area contributed by atoms with E-state index in [9.17, 15) is 0 Å². The third-order valence-electron chi connectivity index (χ3n) is 3.92. The molecule has 1 saturated carbocycles. The molecule has 1 aromatic rings. The van der Waals surface area contributed by atoms with Gasteiger partial charge in [0.25, 0.3) is 0 Å². The Hall–Kier alpha value is -0.0600. The molecule has 1 N–H and O–H groups in total. The summed E-state index contributed by atoms with van der Waals surface area (Å²) in [4.78, 5) is 4.51. The van der Waals surface area contributed by atoms with Crippen LogP contribution in [0.15, 0.2) is 27.8 Å². The molecule has 0 aromatic carbocycles. The number of nitrogens with one attached hydrogen (secondary N) is 1. The highest BCUT2D eigenvalue weighted by Gasteiger charge is 2.30. The molecule has 0 spiro atoms. The molecule has 3 unspecified atom stereocenters. The summed E-state index contributed by atoms with van der Waals surface area (Å²) >= 11 is 5.39. The molecule has 19 heavy (non-hydrogen) atoms. The minimum Gasteiger partial charge on any atom is -0.313 e. The van der Waals surface area contributed by atoms with E-state index in [2.05, 4.69) is 52.2 Å². The lowest BCUT2D eigenvalue weighted by atomic mass is 9.84. The number of rotatable bonds is 5. The lowest BCUT2D eigenvalue weighted by Crippen LogP contribution is -2.42. The Kier molecular flexibility index (Phi) is 6.17. The molecule has 1 aliphatic rings. The first kappa shape index (κ1) is 15.3. The highest BCUT2D eigenvalue weighted by atomic mass is 79.9. The van der Waals surface area contributed by atoms with Gasteiger partial charge in [0.15, 0.2) is 0 Å². The average Bonchev–Trinajstić information content (AvgIpc) is 2.43. The van der Waals surface area contributed by atoms with Crippen LogP contribution in [0.1, 0.15) is 39.5 Å². The van der Waals surface area contributed by atoms with Crippen LogP contribution in [0.3, 0.4) is 0 Å². The predicted molar refractivity (Wildman–Crippen MR) is 86.7 cm³/mol. The normalized spacial score (nSPS) is 27.4. The summed E-state index contributed by atoms with van der Waals surface area (Å²) in [5.41, 5.74) is 0. The Morgan fingerprint density at radius 2 is 2.21 bits per heavy atom. The van der Waals surface area contributed by atoms with Crippen molar-refractivity contribution in [1.82, 2.24) is 10.3 Å². The molecule has 4 heteroatoms. The van der Waals surface area contributed by atoms with E-state index in [1.807, 2.05) is 18.0 Å². The molecule has 0 aliphatic heterocycles. The first-order chi connectivity index (χ1) is 9.22. The first-order valence-electron chi connectivity index (χ1n) is 7.24. The van der Waals surface area contributed by atoms with E-state index in [4.69, 9.17) is 0 Å².